The Kier molecular flexibility index (Phi) is 4.18. The molecule has 0 aliphatic rings. The predicted octanol–water partition coefficient (Wildman–Crippen LogP) is 4.79. The van der Waals surface area contributed by atoms with E-state index in [0.717, 1.165) is 10.9 Å². The van der Waals surface area contributed by atoms with Crippen molar-refractivity contribution in [2.45, 2.75) is 6.18 Å². The molecule has 2 aromatic heterocycles. The van der Waals surface area contributed by atoms with Crippen molar-refractivity contribution < 1.29 is 17.6 Å². The summed E-state index contributed by atoms with van der Waals surface area (Å²) in [6.07, 6.45) is -1.80. The third-order valence-corrected chi connectivity index (χ3v) is 3.63. The average molecular weight is 377 g/mol. The van der Waals surface area contributed by atoms with Crippen molar-refractivity contribution in [1.29, 1.82) is 0 Å². The van der Waals surface area contributed by atoms with Crippen LogP contribution in [-0.2, 0) is 6.18 Å². The van der Waals surface area contributed by atoms with Gasteiger partial charge in [0, 0.05) is 22.3 Å². The zero-order valence-electron chi connectivity index (χ0n) is 11.5. The van der Waals surface area contributed by atoms with Crippen LogP contribution in [0.1, 0.15) is 5.69 Å². The van der Waals surface area contributed by atoms with Gasteiger partial charge in [-0.25, -0.2) is 9.07 Å². The molecular weight excluding hydrogens is 371 g/mol. The van der Waals surface area contributed by atoms with Crippen LogP contribution in [0.3, 0.4) is 0 Å². The summed E-state index contributed by atoms with van der Waals surface area (Å²) in [5.41, 5.74) is -0.932. The fraction of sp³-hybridized carbons (Fsp3) is 0.0714. The molecule has 0 aliphatic carbocycles. The third kappa shape index (κ3) is 3.07. The van der Waals surface area contributed by atoms with Crippen LogP contribution >= 0.6 is 23.2 Å². The molecule has 24 heavy (non-hydrogen) atoms. The number of pyridine rings is 1. The van der Waals surface area contributed by atoms with Crippen LogP contribution in [0.15, 0.2) is 36.8 Å². The van der Waals surface area contributed by atoms with Gasteiger partial charge in [-0.1, -0.05) is 28.4 Å². The van der Waals surface area contributed by atoms with Gasteiger partial charge >= 0.3 is 6.18 Å². The SMILES string of the molecule is Fc1cncc(Cl)c1-c1cc(Cl)ccc1-n1cc(C(F)(F)F)nn1. The minimum Gasteiger partial charge on any atom is -0.260 e. The Balaban J connectivity index is 2.22. The van der Waals surface area contributed by atoms with Crippen LogP contribution in [0.25, 0.3) is 16.8 Å². The summed E-state index contributed by atoms with van der Waals surface area (Å²) in [5, 5.41) is 6.76. The molecule has 0 saturated heterocycles. The second-order valence-corrected chi connectivity index (χ2v) is 5.53. The summed E-state index contributed by atoms with van der Waals surface area (Å²) < 4.78 is 53.1. The molecule has 3 aromatic rings. The number of hydrogen-bond donors (Lipinski definition) is 0. The Bertz CT molecular complexity index is 888. The summed E-state index contributed by atoms with van der Waals surface area (Å²) in [5.74, 6) is -0.748. The number of aromatic nitrogens is 4. The molecule has 2 heterocycles. The van der Waals surface area contributed by atoms with Gasteiger partial charge in [0.1, 0.15) is 0 Å². The first-order valence-corrected chi connectivity index (χ1v) is 7.12. The van der Waals surface area contributed by atoms with E-state index in [4.69, 9.17) is 23.2 Å². The van der Waals surface area contributed by atoms with Crippen LogP contribution in [0.5, 0.6) is 0 Å². The highest BCUT2D eigenvalue weighted by Gasteiger charge is 2.34. The van der Waals surface area contributed by atoms with Gasteiger partial charge < -0.3 is 0 Å². The van der Waals surface area contributed by atoms with Gasteiger partial charge in [0.25, 0.3) is 0 Å². The average Bonchev–Trinajstić information content (AvgIpc) is 2.97. The van der Waals surface area contributed by atoms with E-state index in [-0.39, 0.29) is 26.9 Å². The Hall–Kier alpha value is -2.19. The van der Waals surface area contributed by atoms with Gasteiger partial charge in [-0.05, 0) is 18.2 Å². The molecule has 0 fully saturated rings. The molecule has 0 saturated carbocycles. The minimum atomic E-state index is -4.65. The van der Waals surface area contributed by atoms with Crippen molar-refractivity contribution >= 4 is 23.2 Å². The molecule has 4 nitrogen and oxygen atoms in total. The fourth-order valence-electron chi connectivity index (χ4n) is 2.09. The summed E-state index contributed by atoms with van der Waals surface area (Å²) in [7, 11) is 0. The van der Waals surface area contributed by atoms with Crippen LogP contribution in [0.4, 0.5) is 17.6 Å². The first kappa shape index (κ1) is 16.7. The van der Waals surface area contributed by atoms with Crippen molar-refractivity contribution in [3.63, 3.8) is 0 Å². The standard InChI is InChI=1S/C14H6Cl2F4N4/c15-7-1-2-11(24-6-12(22-23-24)14(18,19)20)8(3-7)13-9(16)4-21-5-10(13)17/h1-6H. The summed E-state index contributed by atoms with van der Waals surface area (Å²) in [4.78, 5) is 3.61. The molecule has 0 N–H and O–H groups in total. The smallest absolute Gasteiger partial charge is 0.260 e. The van der Waals surface area contributed by atoms with E-state index in [2.05, 4.69) is 15.3 Å². The topological polar surface area (TPSA) is 43.6 Å². The van der Waals surface area contributed by atoms with Gasteiger partial charge in [-0.15, -0.1) is 5.10 Å². The quantitative estimate of drug-likeness (QED) is 0.603. The van der Waals surface area contributed by atoms with E-state index in [1.165, 1.54) is 24.4 Å². The maximum absolute atomic E-state index is 14.1. The Labute approximate surface area is 142 Å². The number of benzene rings is 1. The lowest BCUT2D eigenvalue weighted by atomic mass is 10.0. The van der Waals surface area contributed by atoms with Gasteiger partial charge in [-0.3, -0.25) is 4.98 Å². The number of rotatable bonds is 2. The molecule has 0 aliphatic heterocycles. The minimum absolute atomic E-state index is 0.0188. The highest BCUT2D eigenvalue weighted by atomic mass is 35.5. The molecular formula is C14H6Cl2F4N4. The van der Waals surface area contributed by atoms with E-state index < -0.39 is 17.7 Å². The highest BCUT2D eigenvalue weighted by molar-refractivity contribution is 6.34. The predicted molar refractivity (Wildman–Crippen MR) is 79.6 cm³/mol. The molecule has 10 heteroatoms. The lowest BCUT2D eigenvalue weighted by molar-refractivity contribution is -0.141. The van der Waals surface area contributed by atoms with Gasteiger partial charge in [0.2, 0.25) is 0 Å². The number of nitrogens with zero attached hydrogens (tertiary/aromatic N) is 4. The van der Waals surface area contributed by atoms with E-state index in [1.54, 1.807) is 0 Å². The van der Waals surface area contributed by atoms with Crippen molar-refractivity contribution in [2.24, 2.45) is 0 Å². The van der Waals surface area contributed by atoms with Crippen molar-refractivity contribution in [1.82, 2.24) is 20.0 Å². The molecule has 0 spiro atoms. The molecule has 0 bridgehead atoms. The maximum atomic E-state index is 14.1. The van der Waals surface area contributed by atoms with E-state index in [0.29, 0.717) is 6.20 Å². The summed E-state index contributed by atoms with van der Waals surface area (Å²) >= 11 is 11.9. The Morgan fingerprint density at radius 1 is 1.08 bits per heavy atom. The second-order valence-electron chi connectivity index (χ2n) is 4.69. The number of halogens is 6. The van der Waals surface area contributed by atoms with Gasteiger partial charge in [0.15, 0.2) is 11.5 Å². The third-order valence-electron chi connectivity index (χ3n) is 3.11. The molecule has 0 amide bonds. The molecule has 1 aromatic carbocycles. The van der Waals surface area contributed by atoms with Crippen LogP contribution in [-0.4, -0.2) is 20.0 Å². The first-order valence-electron chi connectivity index (χ1n) is 6.36. The monoisotopic (exact) mass is 376 g/mol. The van der Waals surface area contributed by atoms with E-state index in [9.17, 15) is 17.6 Å². The van der Waals surface area contributed by atoms with Crippen molar-refractivity contribution in [2.75, 3.05) is 0 Å². The first-order chi connectivity index (χ1) is 11.3. The second kappa shape index (κ2) is 6.03. The lowest BCUT2D eigenvalue weighted by Gasteiger charge is -2.12. The number of alkyl halides is 3. The van der Waals surface area contributed by atoms with Crippen LogP contribution in [0.2, 0.25) is 10.0 Å². The summed E-state index contributed by atoms with van der Waals surface area (Å²) in [6, 6.07) is 4.20. The van der Waals surface area contributed by atoms with Crippen molar-refractivity contribution in [3.05, 3.63) is 58.3 Å². The molecule has 3 rings (SSSR count). The van der Waals surface area contributed by atoms with Crippen LogP contribution < -0.4 is 0 Å². The van der Waals surface area contributed by atoms with E-state index >= 15 is 0 Å². The Morgan fingerprint density at radius 3 is 2.46 bits per heavy atom. The lowest BCUT2D eigenvalue weighted by Crippen LogP contribution is -2.05. The normalized spacial score (nSPS) is 11.8. The van der Waals surface area contributed by atoms with Gasteiger partial charge in [0.05, 0.1) is 23.1 Å². The zero-order valence-corrected chi connectivity index (χ0v) is 13.0. The molecule has 0 radical (unpaired) electrons. The number of hydrogen-bond acceptors (Lipinski definition) is 3. The summed E-state index contributed by atoms with van der Waals surface area (Å²) in [6.45, 7) is 0. The highest BCUT2D eigenvalue weighted by Crippen LogP contribution is 2.36. The van der Waals surface area contributed by atoms with Gasteiger partial charge in [-0.2, -0.15) is 13.2 Å². The maximum Gasteiger partial charge on any atom is 0.436 e. The van der Waals surface area contributed by atoms with Crippen molar-refractivity contribution in [3.8, 4) is 16.8 Å². The molecule has 0 atom stereocenters. The van der Waals surface area contributed by atoms with Crippen LogP contribution in [0, 0.1) is 5.82 Å². The largest absolute Gasteiger partial charge is 0.436 e. The Morgan fingerprint density at radius 2 is 1.83 bits per heavy atom. The zero-order chi connectivity index (χ0) is 17.5. The molecule has 124 valence electrons. The molecule has 0 unspecified atom stereocenters. The van der Waals surface area contributed by atoms with E-state index in [1.807, 2.05) is 0 Å². The fourth-order valence-corrected chi connectivity index (χ4v) is 2.51.